The number of nitrogens with one attached hydrogen (secondary N) is 2. The molecule has 11 heteroatoms. The second kappa shape index (κ2) is 15.2. The molecular formula is C29H36FN3O6S. The molecule has 3 rings (SSSR count). The van der Waals surface area contributed by atoms with E-state index in [9.17, 15) is 17.6 Å². The maximum absolute atomic E-state index is 12.9. The van der Waals surface area contributed by atoms with Gasteiger partial charge >= 0.3 is 0 Å². The Balaban J connectivity index is 1.42. The predicted octanol–water partition coefficient (Wildman–Crippen LogP) is 3.84. The number of amides is 1. The quantitative estimate of drug-likeness (QED) is 0.251. The molecule has 3 aromatic rings. The zero-order valence-corrected chi connectivity index (χ0v) is 23.8. The van der Waals surface area contributed by atoms with Crippen molar-refractivity contribution >= 4 is 21.6 Å². The Labute approximate surface area is 235 Å². The van der Waals surface area contributed by atoms with Gasteiger partial charge in [0.05, 0.1) is 24.3 Å². The van der Waals surface area contributed by atoms with Crippen LogP contribution in [-0.2, 0) is 32.6 Å². The number of hydrogen-bond acceptors (Lipinski definition) is 7. The van der Waals surface area contributed by atoms with Gasteiger partial charge in [0.1, 0.15) is 19.0 Å². The fraction of sp³-hybridized carbons (Fsp3) is 0.345. The zero-order chi connectivity index (χ0) is 29.0. The SMILES string of the molecule is COc1cc(NS(=O)(=O)c2ccc(CCCNC(=O)COCc3ccc(F)cc3)cc2)ccc1OCCN(C)C. The van der Waals surface area contributed by atoms with Gasteiger partial charge in [-0.1, -0.05) is 24.3 Å². The highest BCUT2D eigenvalue weighted by Gasteiger charge is 2.16. The van der Waals surface area contributed by atoms with Gasteiger partial charge in [-0.15, -0.1) is 0 Å². The maximum Gasteiger partial charge on any atom is 0.261 e. The van der Waals surface area contributed by atoms with Crippen LogP contribution in [0.3, 0.4) is 0 Å². The van der Waals surface area contributed by atoms with Gasteiger partial charge in [-0.2, -0.15) is 0 Å². The van der Waals surface area contributed by atoms with E-state index in [1.807, 2.05) is 19.0 Å². The van der Waals surface area contributed by atoms with Crippen LogP contribution in [0.2, 0.25) is 0 Å². The lowest BCUT2D eigenvalue weighted by Gasteiger charge is -2.15. The van der Waals surface area contributed by atoms with Crippen molar-refractivity contribution in [2.75, 3.05) is 52.2 Å². The Kier molecular flexibility index (Phi) is 11.7. The molecule has 0 atom stereocenters. The molecule has 0 aliphatic rings. The van der Waals surface area contributed by atoms with Crippen LogP contribution in [0.15, 0.2) is 71.6 Å². The van der Waals surface area contributed by atoms with Crippen LogP contribution in [-0.4, -0.2) is 66.7 Å². The molecule has 0 spiro atoms. The number of ether oxygens (including phenoxy) is 3. The number of hydrogen-bond donors (Lipinski definition) is 2. The standard InChI is InChI=1S/C29H36FN3O6S/c1-33(2)17-18-39-27-15-12-25(19-28(27)37-3)32-40(35,36)26-13-8-22(9-14-26)5-4-16-31-29(34)21-38-20-23-6-10-24(30)11-7-23/h6-15,19,32H,4-5,16-18,20-21H2,1-3H3,(H,31,34). The zero-order valence-electron chi connectivity index (χ0n) is 23.0. The number of aryl methyl sites for hydroxylation is 1. The molecule has 3 aromatic carbocycles. The van der Waals surface area contributed by atoms with E-state index in [0.717, 1.165) is 17.7 Å². The lowest BCUT2D eigenvalue weighted by atomic mass is 10.1. The van der Waals surface area contributed by atoms with Gasteiger partial charge in [0.25, 0.3) is 10.0 Å². The first-order valence-corrected chi connectivity index (χ1v) is 14.3. The van der Waals surface area contributed by atoms with Gasteiger partial charge in [0, 0.05) is 19.2 Å². The molecule has 0 bridgehead atoms. The molecule has 0 aliphatic carbocycles. The van der Waals surface area contributed by atoms with E-state index in [0.29, 0.717) is 43.2 Å². The summed E-state index contributed by atoms with van der Waals surface area (Å²) in [6.45, 7) is 1.80. The number of carbonyl (C=O) groups is 1. The predicted molar refractivity (Wildman–Crippen MR) is 152 cm³/mol. The Hall–Kier alpha value is -3.67. The molecule has 0 aliphatic heterocycles. The molecule has 0 aromatic heterocycles. The van der Waals surface area contributed by atoms with E-state index in [1.165, 1.54) is 19.2 Å². The van der Waals surface area contributed by atoms with Crippen molar-refractivity contribution in [1.82, 2.24) is 10.2 Å². The highest BCUT2D eigenvalue weighted by molar-refractivity contribution is 7.92. The van der Waals surface area contributed by atoms with Crippen molar-refractivity contribution in [3.63, 3.8) is 0 Å². The fourth-order valence-electron chi connectivity index (χ4n) is 3.65. The van der Waals surface area contributed by atoms with E-state index >= 15 is 0 Å². The smallest absolute Gasteiger partial charge is 0.261 e. The van der Waals surface area contributed by atoms with Crippen molar-refractivity contribution in [1.29, 1.82) is 0 Å². The fourth-order valence-corrected chi connectivity index (χ4v) is 4.70. The second-order valence-electron chi connectivity index (χ2n) is 9.34. The van der Waals surface area contributed by atoms with Gasteiger partial charge in [0.2, 0.25) is 5.91 Å². The summed E-state index contributed by atoms with van der Waals surface area (Å²) in [6, 6.07) is 17.4. The van der Waals surface area contributed by atoms with Crippen LogP contribution < -0.4 is 19.5 Å². The van der Waals surface area contributed by atoms with E-state index in [2.05, 4.69) is 10.0 Å². The minimum Gasteiger partial charge on any atom is -0.493 e. The summed E-state index contributed by atoms with van der Waals surface area (Å²) >= 11 is 0. The number of sulfonamides is 1. The number of methoxy groups -OCH3 is 1. The van der Waals surface area contributed by atoms with Crippen LogP contribution in [0.5, 0.6) is 11.5 Å². The minimum absolute atomic E-state index is 0.0883. The Morgan fingerprint density at radius 1 is 0.950 bits per heavy atom. The van der Waals surface area contributed by atoms with Crippen LogP contribution in [0.25, 0.3) is 0 Å². The van der Waals surface area contributed by atoms with Gasteiger partial charge in [-0.05, 0) is 74.5 Å². The molecular weight excluding hydrogens is 537 g/mol. The first-order valence-electron chi connectivity index (χ1n) is 12.8. The molecule has 0 saturated carbocycles. The molecule has 1 amide bonds. The molecule has 2 N–H and O–H groups in total. The summed E-state index contributed by atoms with van der Waals surface area (Å²) in [6.07, 6.45) is 1.34. The summed E-state index contributed by atoms with van der Waals surface area (Å²) in [7, 11) is 1.59. The molecule has 0 saturated heterocycles. The van der Waals surface area contributed by atoms with Crippen molar-refractivity contribution in [3.05, 3.63) is 83.7 Å². The third kappa shape index (κ3) is 10.1. The van der Waals surface area contributed by atoms with Crippen LogP contribution in [0.4, 0.5) is 10.1 Å². The molecule has 0 heterocycles. The third-order valence-corrected chi connectivity index (χ3v) is 7.22. The van der Waals surface area contributed by atoms with E-state index in [-0.39, 0.29) is 29.8 Å². The first kappa shape index (κ1) is 30.9. The summed E-state index contributed by atoms with van der Waals surface area (Å²) in [4.78, 5) is 14.1. The third-order valence-electron chi connectivity index (χ3n) is 5.83. The number of anilines is 1. The molecule has 0 radical (unpaired) electrons. The van der Waals surface area contributed by atoms with Gasteiger partial charge in [0.15, 0.2) is 11.5 Å². The first-order chi connectivity index (χ1) is 19.2. The van der Waals surface area contributed by atoms with Gasteiger partial charge in [-0.3, -0.25) is 9.52 Å². The monoisotopic (exact) mass is 573 g/mol. The second-order valence-corrected chi connectivity index (χ2v) is 11.0. The van der Waals surface area contributed by atoms with Gasteiger partial charge in [-0.25, -0.2) is 12.8 Å². The van der Waals surface area contributed by atoms with Crippen molar-refractivity contribution in [3.8, 4) is 11.5 Å². The summed E-state index contributed by atoms with van der Waals surface area (Å²) in [5.41, 5.74) is 2.09. The number of carbonyl (C=O) groups excluding carboxylic acids is 1. The largest absolute Gasteiger partial charge is 0.493 e. The topological polar surface area (TPSA) is 106 Å². The number of nitrogens with zero attached hydrogens (tertiary/aromatic N) is 1. The molecule has 0 unspecified atom stereocenters. The highest BCUT2D eigenvalue weighted by Crippen LogP contribution is 2.31. The van der Waals surface area contributed by atoms with Crippen LogP contribution in [0.1, 0.15) is 17.5 Å². The number of halogens is 1. The Morgan fingerprint density at radius 3 is 2.33 bits per heavy atom. The Bertz CT molecular complexity index is 1330. The van der Waals surface area contributed by atoms with Crippen LogP contribution >= 0.6 is 0 Å². The molecule has 216 valence electrons. The maximum atomic E-state index is 12.9. The normalized spacial score (nSPS) is 11.3. The summed E-state index contributed by atoms with van der Waals surface area (Å²) in [5, 5.41) is 2.79. The average molecular weight is 574 g/mol. The number of likely N-dealkylation sites (N-methyl/N-ethyl adjacent to an activating group) is 1. The van der Waals surface area contributed by atoms with Crippen molar-refractivity contribution in [2.24, 2.45) is 0 Å². The lowest BCUT2D eigenvalue weighted by molar-refractivity contribution is -0.126. The molecule has 9 nitrogen and oxygen atoms in total. The Morgan fingerprint density at radius 2 is 1.65 bits per heavy atom. The van der Waals surface area contributed by atoms with E-state index in [1.54, 1.807) is 54.6 Å². The molecule has 40 heavy (non-hydrogen) atoms. The average Bonchev–Trinajstić information content (AvgIpc) is 2.93. The summed E-state index contributed by atoms with van der Waals surface area (Å²) < 4.78 is 57.8. The van der Waals surface area contributed by atoms with E-state index in [4.69, 9.17) is 14.2 Å². The number of benzene rings is 3. The van der Waals surface area contributed by atoms with Crippen molar-refractivity contribution < 1.29 is 31.8 Å². The lowest BCUT2D eigenvalue weighted by Crippen LogP contribution is -2.28. The van der Waals surface area contributed by atoms with Crippen LogP contribution in [0, 0.1) is 5.82 Å². The van der Waals surface area contributed by atoms with Gasteiger partial charge < -0.3 is 24.4 Å². The van der Waals surface area contributed by atoms with Crippen molar-refractivity contribution in [2.45, 2.75) is 24.3 Å². The molecule has 0 fully saturated rings. The van der Waals surface area contributed by atoms with E-state index < -0.39 is 10.0 Å². The summed E-state index contributed by atoms with van der Waals surface area (Å²) in [5.74, 6) is 0.407. The highest BCUT2D eigenvalue weighted by atomic mass is 32.2. The number of rotatable bonds is 16. The minimum atomic E-state index is -3.81.